The Morgan fingerprint density at radius 3 is 2.39 bits per heavy atom. The minimum atomic E-state index is -0.171. The molecule has 0 aromatic heterocycles. The van der Waals surface area contributed by atoms with Crippen molar-refractivity contribution in [3.63, 3.8) is 0 Å². The van der Waals surface area contributed by atoms with Crippen LogP contribution in [0.5, 0.6) is 0 Å². The van der Waals surface area contributed by atoms with E-state index in [9.17, 15) is 4.79 Å². The van der Waals surface area contributed by atoms with E-state index in [4.69, 9.17) is 0 Å². The molecule has 2 fully saturated rings. The van der Waals surface area contributed by atoms with Crippen molar-refractivity contribution in [1.29, 1.82) is 0 Å². The van der Waals surface area contributed by atoms with Crippen LogP contribution in [-0.2, 0) is 4.79 Å². The second-order valence-corrected chi connectivity index (χ2v) is 8.05. The topological polar surface area (TPSA) is 44.4 Å². The molecule has 0 aliphatic carbocycles. The molecule has 4 nitrogen and oxygen atoms in total. The van der Waals surface area contributed by atoms with Crippen LogP contribution in [0.2, 0.25) is 0 Å². The molecule has 0 radical (unpaired) electrons. The first-order valence-electron chi connectivity index (χ1n) is 8.56. The molecule has 2 heterocycles. The summed E-state index contributed by atoms with van der Waals surface area (Å²) in [5, 5.41) is 0. The van der Waals surface area contributed by atoms with Crippen molar-refractivity contribution in [2.24, 2.45) is 5.92 Å². The Balaban J connectivity index is 1.57. The Bertz CT molecular complexity index is 528. The van der Waals surface area contributed by atoms with Gasteiger partial charge in [-0.2, -0.15) is 0 Å². The number of amides is 1. The van der Waals surface area contributed by atoms with Gasteiger partial charge in [0.25, 0.3) is 0 Å². The molecule has 0 bridgehead atoms. The van der Waals surface area contributed by atoms with Crippen molar-refractivity contribution in [3.05, 3.63) is 35.9 Å². The molecule has 2 aliphatic heterocycles. The fraction of sp³-hybridized carbons (Fsp3) is 0.611. The maximum absolute atomic E-state index is 12.8. The summed E-state index contributed by atoms with van der Waals surface area (Å²) in [4.78, 5) is 15.0. The van der Waals surface area contributed by atoms with E-state index < -0.39 is 0 Å². The van der Waals surface area contributed by atoms with Crippen LogP contribution < -0.4 is 10.9 Å². The first kappa shape index (κ1) is 16.9. The zero-order chi connectivity index (χ0) is 16.4. The highest BCUT2D eigenvalue weighted by molar-refractivity contribution is 9.09. The van der Waals surface area contributed by atoms with Crippen LogP contribution in [0.25, 0.3) is 0 Å². The Morgan fingerprint density at radius 2 is 1.83 bits per heavy atom. The molecule has 1 aromatic carbocycles. The summed E-state index contributed by atoms with van der Waals surface area (Å²) in [5.74, 6) is 1.28. The molecule has 1 amide bonds. The lowest BCUT2D eigenvalue weighted by Crippen LogP contribution is -2.50. The maximum Gasteiger partial charge on any atom is 0.242 e. The normalized spacial score (nSPS) is 29.2. The van der Waals surface area contributed by atoms with Gasteiger partial charge in [-0.25, -0.2) is 5.43 Å². The van der Waals surface area contributed by atoms with Gasteiger partial charge in [0, 0.05) is 19.1 Å². The van der Waals surface area contributed by atoms with Gasteiger partial charge in [0.05, 0.1) is 4.83 Å². The Hall–Kier alpha value is -0.910. The number of nitrogens with one attached hydrogen (secondary N) is 2. The van der Waals surface area contributed by atoms with Gasteiger partial charge in [0.2, 0.25) is 5.91 Å². The molecule has 2 N–H and O–H groups in total. The van der Waals surface area contributed by atoms with Crippen LogP contribution in [0.15, 0.2) is 30.3 Å². The Kier molecular flexibility index (Phi) is 5.39. The van der Waals surface area contributed by atoms with Crippen molar-refractivity contribution in [2.75, 3.05) is 13.1 Å². The van der Waals surface area contributed by atoms with E-state index in [1.807, 2.05) is 4.90 Å². The van der Waals surface area contributed by atoms with Crippen molar-refractivity contribution in [2.45, 2.75) is 49.5 Å². The lowest BCUT2D eigenvalue weighted by Gasteiger charge is -2.34. The first-order chi connectivity index (χ1) is 11.1. The SMILES string of the molecule is CC(C)C1NNC(C(=O)N2CCC(c3ccccc3)CC2)C1Br. The molecule has 3 atom stereocenters. The van der Waals surface area contributed by atoms with E-state index in [1.54, 1.807) is 0 Å². The fourth-order valence-electron chi connectivity index (χ4n) is 3.64. The molecular formula is C18H26BrN3O. The third-order valence-corrected chi connectivity index (χ3v) is 6.23. The van der Waals surface area contributed by atoms with E-state index in [2.05, 4.69) is 71.0 Å². The number of hydrogen-bond acceptors (Lipinski definition) is 3. The summed E-state index contributed by atoms with van der Waals surface area (Å²) < 4.78 is 0. The zero-order valence-electron chi connectivity index (χ0n) is 13.8. The number of nitrogens with zero attached hydrogens (tertiary/aromatic N) is 1. The largest absolute Gasteiger partial charge is 0.341 e. The Morgan fingerprint density at radius 1 is 1.17 bits per heavy atom. The number of likely N-dealkylation sites (tertiary alicyclic amines) is 1. The van der Waals surface area contributed by atoms with Gasteiger partial charge in [-0.15, -0.1) is 0 Å². The van der Waals surface area contributed by atoms with Crippen molar-refractivity contribution < 1.29 is 4.79 Å². The Labute approximate surface area is 147 Å². The molecule has 3 rings (SSSR count). The third kappa shape index (κ3) is 3.62. The monoisotopic (exact) mass is 379 g/mol. The van der Waals surface area contributed by atoms with E-state index >= 15 is 0 Å². The average Bonchev–Trinajstić information content (AvgIpc) is 2.97. The van der Waals surface area contributed by atoms with E-state index in [1.165, 1.54) is 5.56 Å². The van der Waals surface area contributed by atoms with Crippen molar-refractivity contribution in [3.8, 4) is 0 Å². The van der Waals surface area contributed by atoms with Gasteiger partial charge in [-0.1, -0.05) is 60.1 Å². The molecular weight excluding hydrogens is 354 g/mol. The smallest absolute Gasteiger partial charge is 0.242 e. The molecule has 1 aromatic rings. The van der Waals surface area contributed by atoms with E-state index in [-0.39, 0.29) is 22.8 Å². The third-order valence-electron chi connectivity index (χ3n) is 5.13. The average molecular weight is 380 g/mol. The molecule has 2 aliphatic rings. The number of carbonyl (C=O) groups is 1. The molecule has 0 saturated carbocycles. The highest BCUT2D eigenvalue weighted by Crippen LogP contribution is 2.29. The minimum Gasteiger partial charge on any atom is -0.341 e. The predicted molar refractivity (Wildman–Crippen MR) is 96.4 cm³/mol. The van der Waals surface area contributed by atoms with Crippen LogP contribution in [0, 0.1) is 5.92 Å². The van der Waals surface area contributed by atoms with Gasteiger partial charge in [0.1, 0.15) is 6.04 Å². The van der Waals surface area contributed by atoms with Gasteiger partial charge in [-0.05, 0) is 30.2 Å². The second-order valence-electron chi connectivity index (χ2n) is 6.99. The molecule has 2 saturated heterocycles. The number of alkyl halides is 1. The zero-order valence-corrected chi connectivity index (χ0v) is 15.4. The van der Waals surface area contributed by atoms with Crippen LogP contribution in [0.3, 0.4) is 0 Å². The van der Waals surface area contributed by atoms with Crippen LogP contribution >= 0.6 is 15.9 Å². The molecule has 5 heteroatoms. The van der Waals surface area contributed by atoms with Crippen LogP contribution in [0.1, 0.15) is 38.2 Å². The number of carbonyl (C=O) groups excluding carboxylic acids is 1. The molecule has 23 heavy (non-hydrogen) atoms. The number of benzene rings is 1. The second kappa shape index (κ2) is 7.32. The molecule has 3 unspecified atom stereocenters. The number of piperidine rings is 1. The summed E-state index contributed by atoms with van der Waals surface area (Å²) in [7, 11) is 0. The quantitative estimate of drug-likeness (QED) is 0.793. The van der Waals surface area contributed by atoms with Gasteiger partial charge in [-0.3, -0.25) is 10.2 Å². The molecule has 126 valence electrons. The summed E-state index contributed by atoms with van der Waals surface area (Å²) >= 11 is 3.72. The fourth-order valence-corrected chi connectivity index (χ4v) is 4.74. The number of rotatable bonds is 3. The van der Waals surface area contributed by atoms with Gasteiger partial charge >= 0.3 is 0 Å². The minimum absolute atomic E-state index is 0.141. The highest BCUT2D eigenvalue weighted by Gasteiger charge is 2.41. The number of hydrazine groups is 1. The van der Waals surface area contributed by atoms with Gasteiger partial charge < -0.3 is 4.90 Å². The summed E-state index contributed by atoms with van der Waals surface area (Å²) in [6, 6.07) is 10.8. The van der Waals surface area contributed by atoms with E-state index in [0.29, 0.717) is 11.8 Å². The summed E-state index contributed by atoms with van der Waals surface area (Å²) in [5.41, 5.74) is 7.86. The summed E-state index contributed by atoms with van der Waals surface area (Å²) in [6.45, 7) is 6.04. The van der Waals surface area contributed by atoms with Crippen LogP contribution in [0.4, 0.5) is 0 Å². The predicted octanol–water partition coefficient (Wildman–Crippen LogP) is 2.66. The highest BCUT2D eigenvalue weighted by atomic mass is 79.9. The van der Waals surface area contributed by atoms with Crippen LogP contribution in [-0.4, -0.2) is 40.8 Å². The summed E-state index contributed by atoms with van der Waals surface area (Å²) in [6.07, 6.45) is 2.10. The van der Waals surface area contributed by atoms with Gasteiger partial charge in [0.15, 0.2) is 0 Å². The lowest BCUT2D eigenvalue weighted by atomic mass is 9.89. The molecule has 0 spiro atoms. The van der Waals surface area contributed by atoms with Crippen molar-refractivity contribution >= 4 is 21.8 Å². The first-order valence-corrected chi connectivity index (χ1v) is 9.48. The maximum atomic E-state index is 12.8. The lowest BCUT2D eigenvalue weighted by molar-refractivity contribution is -0.134. The van der Waals surface area contributed by atoms with E-state index in [0.717, 1.165) is 25.9 Å². The van der Waals surface area contributed by atoms with Crippen molar-refractivity contribution in [1.82, 2.24) is 15.8 Å². The number of hydrogen-bond donors (Lipinski definition) is 2. The standard InChI is InChI=1S/C18H26BrN3O/c1-12(2)16-15(19)17(21-20-16)18(23)22-10-8-14(9-11-22)13-6-4-3-5-7-13/h3-7,12,14-17,20-21H,8-11H2,1-2H3. The number of halogens is 1.